The number of hydrogen-bond donors (Lipinski definition) is 0. The number of nitrogens with zero attached hydrogens (tertiary/aromatic N) is 1. The van der Waals surface area contributed by atoms with Crippen LogP contribution in [0.3, 0.4) is 0 Å². The van der Waals surface area contributed by atoms with E-state index in [1.807, 2.05) is 34.9 Å². The zero-order valence-electron chi connectivity index (χ0n) is 11.0. The van der Waals surface area contributed by atoms with Gasteiger partial charge in [0.25, 0.3) is 0 Å². The predicted octanol–water partition coefficient (Wildman–Crippen LogP) is 3.07. The maximum atomic E-state index is 13.3. The van der Waals surface area contributed by atoms with E-state index in [0.717, 1.165) is 16.5 Å². The number of benzene rings is 2. The minimum Gasteiger partial charge on any atom is -0.511 e. The standard InChI is InChI=1S/C16H11FNO2Si/c17-13-6-3-4-11(8-13)10-18-14-7-2-1-5-12(14)9-15(18)16(19)20-21/h1-9H,10H2. The van der Waals surface area contributed by atoms with Crippen LogP contribution < -0.4 is 0 Å². The van der Waals surface area contributed by atoms with Gasteiger partial charge in [-0.25, -0.2) is 9.18 Å². The Kier molecular flexibility index (Phi) is 3.58. The zero-order chi connectivity index (χ0) is 14.8. The fourth-order valence-electron chi connectivity index (χ4n) is 2.42. The van der Waals surface area contributed by atoms with Crippen molar-refractivity contribution in [2.24, 2.45) is 0 Å². The molecule has 5 heteroatoms. The molecule has 0 unspecified atom stereocenters. The monoisotopic (exact) mass is 296 g/mol. The molecule has 0 aliphatic heterocycles. The molecule has 1 aromatic heterocycles. The molecule has 0 saturated heterocycles. The quantitative estimate of drug-likeness (QED) is 0.696. The van der Waals surface area contributed by atoms with E-state index in [9.17, 15) is 9.18 Å². The van der Waals surface area contributed by atoms with Crippen molar-refractivity contribution in [3.05, 3.63) is 71.7 Å². The van der Waals surface area contributed by atoms with Crippen LogP contribution in [0.25, 0.3) is 10.9 Å². The normalized spacial score (nSPS) is 10.8. The van der Waals surface area contributed by atoms with Crippen molar-refractivity contribution in [1.82, 2.24) is 4.57 Å². The van der Waals surface area contributed by atoms with Crippen molar-refractivity contribution in [2.45, 2.75) is 6.54 Å². The summed E-state index contributed by atoms with van der Waals surface area (Å²) in [7, 11) is 2.77. The van der Waals surface area contributed by atoms with Gasteiger partial charge in [-0.2, -0.15) is 0 Å². The summed E-state index contributed by atoms with van der Waals surface area (Å²) in [5, 5.41) is 0.931. The van der Waals surface area contributed by atoms with E-state index in [2.05, 4.69) is 14.9 Å². The van der Waals surface area contributed by atoms with Gasteiger partial charge in [0.2, 0.25) is 0 Å². The molecule has 21 heavy (non-hydrogen) atoms. The summed E-state index contributed by atoms with van der Waals surface area (Å²) in [5.74, 6) is -0.785. The van der Waals surface area contributed by atoms with Gasteiger partial charge < -0.3 is 8.99 Å². The zero-order valence-corrected chi connectivity index (χ0v) is 12.0. The van der Waals surface area contributed by atoms with E-state index < -0.39 is 5.97 Å². The maximum Gasteiger partial charge on any atom is 0.345 e. The van der Waals surface area contributed by atoms with E-state index in [1.54, 1.807) is 12.1 Å². The third-order valence-corrected chi connectivity index (χ3v) is 3.53. The van der Waals surface area contributed by atoms with Crippen LogP contribution >= 0.6 is 0 Å². The molecule has 0 aliphatic carbocycles. The number of hydrogen-bond acceptors (Lipinski definition) is 2. The minimum absolute atomic E-state index is 0.298. The molecule has 2 aromatic carbocycles. The van der Waals surface area contributed by atoms with E-state index in [4.69, 9.17) is 0 Å². The van der Waals surface area contributed by atoms with Gasteiger partial charge >= 0.3 is 16.5 Å². The largest absolute Gasteiger partial charge is 0.511 e. The molecular weight excluding hydrogens is 285 g/mol. The van der Waals surface area contributed by atoms with Crippen LogP contribution in [0, 0.1) is 5.82 Å². The van der Waals surface area contributed by atoms with Gasteiger partial charge in [0.15, 0.2) is 0 Å². The van der Waals surface area contributed by atoms with E-state index in [1.165, 1.54) is 12.1 Å². The van der Waals surface area contributed by atoms with Gasteiger partial charge in [0.1, 0.15) is 11.5 Å². The van der Waals surface area contributed by atoms with Crippen LogP contribution in [0.5, 0.6) is 0 Å². The van der Waals surface area contributed by atoms with Crippen LogP contribution in [0.4, 0.5) is 4.39 Å². The van der Waals surface area contributed by atoms with Gasteiger partial charge in [0, 0.05) is 17.4 Å². The van der Waals surface area contributed by atoms with Crippen LogP contribution in [-0.4, -0.2) is 21.0 Å². The van der Waals surface area contributed by atoms with E-state index in [-0.39, 0.29) is 5.82 Å². The SMILES string of the molecule is O=C(O[Si])c1cc2ccccc2n1Cc1cccc(F)c1. The van der Waals surface area contributed by atoms with Crippen LogP contribution in [0.1, 0.15) is 16.1 Å². The first kappa shape index (κ1) is 13.6. The number of aromatic nitrogens is 1. The molecule has 0 atom stereocenters. The van der Waals surface area contributed by atoms with Crippen molar-refractivity contribution in [3.63, 3.8) is 0 Å². The number of halogens is 1. The molecule has 0 spiro atoms. The average molecular weight is 296 g/mol. The van der Waals surface area contributed by atoms with Crippen LogP contribution in [0.2, 0.25) is 0 Å². The van der Waals surface area contributed by atoms with Crippen molar-refractivity contribution >= 4 is 27.4 Å². The average Bonchev–Trinajstić information content (AvgIpc) is 2.85. The molecule has 0 bridgehead atoms. The molecule has 3 aromatic rings. The number of para-hydroxylation sites is 1. The first-order valence-electron chi connectivity index (χ1n) is 6.39. The van der Waals surface area contributed by atoms with E-state index >= 15 is 0 Å². The summed E-state index contributed by atoms with van der Waals surface area (Å²) in [6.07, 6.45) is 0. The number of carbonyl (C=O) groups is 1. The van der Waals surface area contributed by atoms with Gasteiger partial charge in [-0.15, -0.1) is 0 Å². The summed E-state index contributed by atoms with van der Waals surface area (Å²) in [4.78, 5) is 11.9. The Labute approximate surface area is 124 Å². The topological polar surface area (TPSA) is 31.2 Å². The molecule has 0 saturated carbocycles. The molecule has 1 heterocycles. The fourth-order valence-corrected chi connectivity index (χ4v) is 2.52. The highest BCUT2D eigenvalue weighted by Gasteiger charge is 2.15. The first-order chi connectivity index (χ1) is 10.2. The van der Waals surface area contributed by atoms with Gasteiger partial charge in [-0.1, -0.05) is 30.3 Å². The second-order valence-corrected chi connectivity index (χ2v) is 4.90. The summed E-state index contributed by atoms with van der Waals surface area (Å²) in [5.41, 5.74) is 2.09. The fraction of sp³-hybridized carbons (Fsp3) is 0.0625. The maximum absolute atomic E-state index is 13.3. The highest BCUT2D eigenvalue weighted by Crippen LogP contribution is 2.22. The van der Waals surface area contributed by atoms with Gasteiger partial charge in [-0.3, -0.25) is 0 Å². The molecule has 3 nitrogen and oxygen atoms in total. The van der Waals surface area contributed by atoms with Crippen molar-refractivity contribution in [1.29, 1.82) is 0 Å². The van der Waals surface area contributed by atoms with Crippen LogP contribution in [0.15, 0.2) is 54.6 Å². The second kappa shape index (κ2) is 5.53. The molecule has 103 valence electrons. The number of rotatable bonds is 3. The molecule has 0 amide bonds. The molecule has 0 aliphatic rings. The Morgan fingerprint density at radius 3 is 2.71 bits per heavy atom. The lowest BCUT2D eigenvalue weighted by Gasteiger charge is -2.10. The third-order valence-electron chi connectivity index (χ3n) is 3.34. The lowest BCUT2D eigenvalue weighted by Crippen LogP contribution is -2.11. The number of carbonyl (C=O) groups excluding carboxylic acids is 1. The highest BCUT2D eigenvalue weighted by molar-refractivity contribution is 6.10. The Hall–Kier alpha value is -2.40. The molecule has 3 rings (SSSR count). The van der Waals surface area contributed by atoms with Crippen molar-refractivity contribution in [2.75, 3.05) is 0 Å². The number of fused-ring (bicyclic) bond motifs is 1. The lowest BCUT2D eigenvalue weighted by molar-refractivity contribution is 0.0739. The second-order valence-electron chi connectivity index (χ2n) is 4.69. The van der Waals surface area contributed by atoms with Gasteiger partial charge in [0.05, 0.1) is 0 Å². The smallest absolute Gasteiger partial charge is 0.345 e. The molecule has 3 radical (unpaired) electrons. The summed E-state index contributed by atoms with van der Waals surface area (Å²) >= 11 is 0. The lowest BCUT2D eigenvalue weighted by atomic mass is 10.2. The Morgan fingerprint density at radius 1 is 1.14 bits per heavy atom. The molecular formula is C16H11FNO2Si. The third kappa shape index (κ3) is 2.60. The van der Waals surface area contributed by atoms with Crippen molar-refractivity contribution < 1.29 is 13.6 Å². The first-order valence-corrected chi connectivity index (χ1v) is 6.80. The Balaban J connectivity index is 2.13. The van der Waals surface area contributed by atoms with Crippen molar-refractivity contribution in [3.8, 4) is 0 Å². The van der Waals surface area contributed by atoms with E-state index in [0.29, 0.717) is 12.2 Å². The Morgan fingerprint density at radius 2 is 1.95 bits per heavy atom. The Bertz CT molecular complexity index is 813. The summed E-state index contributed by atoms with van der Waals surface area (Å²) < 4.78 is 19.8. The molecule has 0 N–H and O–H groups in total. The minimum atomic E-state index is -0.487. The highest BCUT2D eigenvalue weighted by atomic mass is 28.2. The molecule has 0 fully saturated rings. The predicted molar refractivity (Wildman–Crippen MR) is 78.6 cm³/mol. The van der Waals surface area contributed by atoms with Gasteiger partial charge in [-0.05, 0) is 29.8 Å². The summed E-state index contributed by atoms with van der Waals surface area (Å²) in [6.45, 7) is 0.391. The van der Waals surface area contributed by atoms with Crippen LogP contribution in [-0.2, 0) is 11.0 Å². The summed E-state index contributed by atoms with van der Waals surface area (Å²) in [6, 6.07) is 15.7.